The third-order valence-corrected chi connectivity index (χ3v) is 2.91. The molecule has 0 saturated heterocycles. The summed E-state index contributed by atoms with van der Waals surface area (Å²) in [6.07, 6.45) is 0. The van der Waals surface area contributed by atoms with Crippen LogP contribution in [-0.4, -0.2) is 20.3 Å². The summed E-state index contributed by atoms with van der Waals surface area (Å²) < 4.78 is 2.78. The van der Waals surface area contributed by atoms with Gasteiger partial charge in [-0.25, -0.2) is 0 Å². The first kappa shape index (κ1) is 12.0. The van der Waals surface area contributed by atoms with Gasteiger partial charge < -0.3 is 0 Å². The van der Waals surface area contributed by atoms with Crippen LogP contribution in [0.4, 0.5) is 0 Å². The molecule has 0 aromatic heterocycles. The van der Waals surface area contributed by atoms with Crippen LogP contribution in [0.25, 0.3) is 0 Å². The maximum absolute atomic E-state index is 4.39. The van der Waals surface area contributed by atoms with Gasteiger partial charge >= 0.3 is 110 Å². The predicted molar refractivity (Wildman–Crippen MR) is 72.7 cm³/mol. The monoisotopic (exact) mass is 287 g/mol. The maximum atomic E-state index is 4.39. The molecule has 0 aliphatic rings. The molecule has 1 unspecified atom stereocenters. The molecule has 0 bridgehead atoms. The van der Waals surface area contributed by atoms with Crippen molar-refractivity contribution in [2.75, 3.05) is 0 Å². The first-order chi connectivity index (χ1) is 8.31. The van der Waals surface area contributed by atoms with Crippen LogP contribution in [0, 0.1) is 6.92 Å². The quantitative estimate of drug-likeness (QED) is 0.607. The second-order valence-corrected chi connectivity index (χ2v) is 4.33. The molecule has 0 heterocycles. The van der Waals surface area contributed by atoms with Crippen LogP contribution >= 0.6 is 0 Å². The molecular formula is C15H13NSe. The molecule has 0 aliphatic carbocycles. The molecule has 0 N–H and O–H groups in total. The molecule has 1 nitrogen and oxygen atoms in total. The van der Waals surface area contributed by atoms with Crippen LogP contribution < -0.4 is 0 Å². The van der Waals surface area contributed by atoms with E-state index in [0.29, 0.717) is 0 Å². The van der Waals surface area contributed by atoms with Crippen molar-refractivity contribution in [2.24, 2.45) is 4.99 Å². The van der Waals surface area contributed by atoms with E-state index in [1.165, 1.54) is 16.7 Å². The average molecular weight is 286 g/mol. The van der Waals surface area contributed by atoms with Crippen LogP contribution in [0.15, 0.2) is 59.6 Å². The summed E-state index contributed by atoms with van der Waals surface area (Å²) in [5.74, 6) is 0. The first-order valence-corrected chi connectivity index (χ1v) is 6.35. The Hall–Kier alpha value is -1.46. The summed E-state index contributed by atoms with van der Waals surface area (Å²) in [5, 5.41) is 0. The van der Waals surface area contributed by atoms with E-state index in [4.69, 9.17) is 0 Å². The molecule has 17 heavy (non-hydrogen) atoms. The van der Waals surface area contributed by atoms with Gasteiger partial charge in [-0.1, -0.05) is 0 Å². The number of hydrogen-bond acceptors (Lipinski definition) is 1. The molecule has 0 fully saturated rings. The van der Waals surface area contributed by atoms with E-state index in [-0.39, 0.29) is 6.04 Å². The number of hydrogen-bond donors (Lipinski definition) is 0. The molecule has 2 rings (SSSR count). The van der Waals surface area contributed by atoms with Crippen LogP contribution in [0.1, 0.15) is 22.7 Å². The fourth-order valence-electron chi connectivity index (χ4n) is 1.78. The Bertz CT molecular complexity index is 525. The van der Waals surface area contributed by atoms with Crippen molar-refractivity contribution in [3.05, 3.63) is 71.3 Å². The van der Waals surface area contributed by atoms with E-state index in [2.05, 4.69) is 68.6 Å². The standard InChI is InChI=1S/C15H13NSe/c1-12-7-9-14(10-8-12)15(16-11-17)13-5-3-2-4-6-13/h2-10,15H,1H3. The topological polar surface area (TPSA) is 12.4 Å². The van der Waals surface area contributed by atoms with Crippen molar-refractivity contribution < 1.29 is 0 Å². The van der Waals surface area contributed by atoms with Gasteiger partial charge in [-0.15, -0.1) is 0 Å². The van der Waals surface area contributed by atoms with Crippen LogP contribution in [0.3, 0.4) is 0 Å². The van der Waals surface area contributed by atoms with E-state index >= 15 is 0 Å². The van der Waals surface area contributed by atoms with Crippen molar-refractivity contribution in [3.63, 3.8) is 0 Å². The Kier molecular flexibility index (Phi) is 4.06. The molecule has 0 radical (unpaired) electrons. The van der Waals surface area contributed by atoms with E-state index in [1.807, 2.05) is 18.2 Å². The zero-order chi connectivity index (χ0) is 12.1. The van der Waals surface area contributed by atoms with Gasteiger partial charge in [0.2, 0.25) is 0 Å². The average Bonchev–Trinajstić information content (AvgIpc) is 2.38. The third-order valence-electron chi connectivity index (χ3n) is 2.69. The summed E-state index contributed by atoms with van der Waals surface area (Å²) in [7, 11) is 0. The minimum atomic E-state index is 0.0260. The molecule has 2 heteroatoms. The van der Waals surface area contributed by atoms with Gasteiger partial charge in [-0.05, 0) is 0 Å². The van der Waals surface area contributed by atoms with Crippen molar-refractivity contribution >= 4 is 20.3 Å². The van der Waals surface area contributed by atoms with Crippen molar-refractivity contribution in [1.29, 1.82) is 0 Å². The van der Waals surface area contributed by atoms with Gasteiger partial charge in [-0.3, -0.25) is 0 Å². The fourth-order valence-corrected chi connectivity index (χ4v) is 2.00. The van der Waals surface area contributed by atoms with Crippen LogP contribution in [0.2, 0.25) is 0 Å². The van der Waals surface area contributed by atoms with Crippen molar-refractivity contribution in [3.8, 4) is 0 Å². The van der Waals surface area contributed by atoms with Crippen LogP contribution in [-0.2, 0) is 0 Å². The van der Waals surface area contributed by atoms with Gasteiger partial charge in [0.05, 0.1) is 0 Å². The molecule has 84 valence electrons. The summed E-state index contributed by atoms with van der Waals surface area (Å²) >= 11 is 2.71. The number of nitrogens with zero attached hydrogens (tertiary/aromatic N) is 1. The molecule has 0 spiro atoms. The Labute approximate surface area is 110 Å². The molecule has 2 aromatic carbocycles. The molecular weight excluding hydrogens is 273 g/mol. The number of benzene rings is 2. The van der Waals surface area contributed by atoms with E-state index < -0.39 is 0 Å². The van der Waals surface area contributed by atoms with E-state index in [0.717, 1.165) is 0 Å². The van der Waals surface area contributed by atoms with Crippen molar-refractivity contribution in [1.82, 2.24) is 0 Å². The molecule has 0 saturated carbocycles. The molecule has 0 amide bonds. The summed E-state index contributed by atoms with van der Waals surface area (Å²) in [4.78, 5) is 4.39. The molecule has 1 atom stereocenters. The summed E-state index contributed by atoms with van der Waals surface area (Å²) in [6, 6.07) is 18.7. The predicted octanol–water partition coefficient (Wildman–Crippen LogP) is 3.16. The molecule has 2 aromatic rings. The second-order valence-electron chi connectivity index (χ2n) is 3.94. The number of rotatable bonds is 3. The van der Waals surface area contributed by atoms with E-state index in [9.17, 15) is 0 Å². The van der Waals surface area contributed by atoms with Gasteiger partial charge in [0.15, 0.2) is 0 Å². The number of aliphatic imine (C=N–C) groups is 1. The fraction of sp³-hybridized carbons (Fsp3) is 0.133. The van der Waals surface area contributed by atoms with Gasteiger partial charge in [0.1, 0.15) is 0 Å². The second kappa shape index (κ2) is 5.74. The number of aryl methyl sites for hydroxylation is 1. The molecule has 0 aliphatic heterocycles. The Morgan fingerprint density at radius 3 is 2.12 bits per heavy atom. The Morgan fingerprint density at radius 2 is 1.53 bits per heavy atom. The third kappa shape index (κ3) is 3.01. The summed E-state index contributed by atoms with van der Waals surface area (Å²) in [5.41, 5.74) is 3.63. The SMILES string of the molecule is Cc1ccc(C(N=C=[Se])c2ccccc2)cc1. The normalized spacial score (nSPS) is 11.6. The van der Waals surface area contributed by atoms with Crippen LogP contribution in [0.5, 0.6) is 0 Å². The van der Waals surface area contributed by atoms with Gasteiger partial charge in [0, 0.05) is 0 Å². The van der Waals surface area contributed by atoms with E-state index in [1.54, 1.807) is 0 Å². The van der Waals surface area contributed by atoms with Crippen molar-refractivity contribution in [2.45, 2.75) is 13.0 Å². The van der Waals surface area contributed by atoms with Gasteiger partial charge in [-0.2, -0.15) is 0 Å². The Morgan fingerprint density at radius 1 is 0.941 bits per heavy atom. The first-order valence-electron chi connectivity index (χ1n) is 5.50. The van der Waals surface area contributed by atoms with Gasteiger partial charge in [0.25, 0.3) is 0 Å². The zero-order valence-corrected chi connectivity index (χ0v) is 11.3. The zero-order valence-electron chi connectivity index (χ0n) is 9.63. The minimum absolute atomic E-state index is 0.0260. The Balaban J connectivity index is 2.42. The summed E-state index contributed by atoms with van der Waals surface area (Å²) in [6.45, 7) is 2.09.